The van der Waals surface area contributed by atoms with Crippen molar-refractivity contribution in [2.24, 2.45) is 21.5 Å². The second kappa shape index (κ2) is 7.49. The zero-order valence-electron chi connectivity index (χ0n) is 12.0. The van der Waals surface area contributed by atoms with Crippen LogP contribution in [0.15, 0.2) is 28.2 Å². The van der Waals surface area contributed by atoms with Gasteiger partial charge >= 0.3 is 6.18 Å². The Labute approximate surface area is 136 Å². The molecular formula is C13H16ClF4N5. The molecule has 23 heavy (non-hydrogen) atoms. The van der Waals surface area contributed by atoms with Gasteiger partial charge in [-0.1, -0.05) is 0 Å². The van der Waals surface area contributed by atoms with Crippen molar-refractivity contribution in [1.82, 2.24) is 4.90 Å². The van der Waals surface area contributed by atoms with E-state index in [1.165, 1.54) is 0 Å². The summed E-state index contributed by atoms with van der Waals surface area (Å²) >= 11 is 0. The summed E-state index contributed by atoms with van der Waals surface area (Å²) in [6.45, 7) is 1.52. The second-order valence-electron chi connectivity index (χ2n) is 4.80. The van der Waals surface area contributed by atoms with Gasteiger partial charge in [0.1, 0.15) is 5.82 Å². The lowest BCUT2D eigenvalue weighted by atomic mass is 10.2. The normalized spacial score (nSPS) is 16.4. The molecule has 0 spiro atoms. The van der Waals surface area contributed by atoms with Crippen molar-refractivity contribution in [1.29, 1.82) is 0 Å². The van der Waals surface area contributed by atoms with Crippen molar-refractivity contribution in [3.05, 3.63) is 29.6 Å². The summed E-state index contributed by atoms with van der Waals surface area (Å²) in [4.78, 5) is 9.42. The van der Waals surface area contributed by atoms with Crippen molar-refractivity contribution >= 4 is 30.0 Å². The van der Waals surface area contributed by atoms with Gasteiger partial charge in [0, 0.05) is 19.2 Å². The van der Waals surface area contributed by atoms with E-state index < -0.39 is 17.6 Å². The number of halogens is 5. The van der Waals surface area contributed by atoms with Gasteiger partial charge < -0.3 is 16.4 Å². The van der Waals surface area contributed by atoms with Gasteiger partial charge in [-0.15, -0.1) is 12.4 Å². The number of rotatable bonds is 1. The molecule has 0 saturated carbocycles. The zero-order chi connectivity index (χ0) is 16.3. The van der Waals surface area contributed by atoms with Gasteiger partial charge in [-0.2, -0.15) is 18.2 Å². The number of aliphatic imine (C=N–C) groups is 2. The largest absolute Gasteiger partial charge is 0.419 e. The first kappa shape index (κ1) is 19.0. The van der Waals surface area contributed by atoms with Crippen LogP contribution in [0.2, 0.25) is 0 Å². The molecule has 1 heterocycles. The maximum atomic E-state index is 13.4. The molecule has 1 aromatic rings. The van der Waals surface area contributed by atoms with Crippen LogP contribution >= 0.6 is 12.4 Å². The average molecular weight is 354 g/mol. The lowest BCUT2D eigenvalue weighted by Crippen LogP contribution is -2.36. The summed E-state index contributed by atoms with van der Waals surface area (Å²) < 4.78 is 50.7. The first-order valence-corrected chi connectivity index (χ1v) is 6.57. The highest BCUT2D eigenvalue weighted by Gasteiger charge is 2.33. The van der Waals surface area contributed by atoms with E-state index in [1.54, 1.807) is 0 Å². The maximum Gasteiger partial charge on any atom is 0.419 e. The van der Waals surface area contributed by atoms with Gasteiger partial charge in [0.15, 0.2) is 5.96 Å². The first-order valence-electron chi connectivity index (χ1n) is 6.57. The van der Waals surface area contributed by atoms with Crippen LogP contribution in [0.5, 0.6) is 0 Å². The van der Waals surface area contributed by atoms with Crippen LogP contribution < -0.4 is 11.5 Å². The predicted octanol–water partition coefficient (Wildman–Crippen LogP) is 2.62. The van der Waals surface area contributed by atoms with Gasteiger partial charge in [-0.05, 0) is 25.0 Å². The fourth-order valence-corrected chi connectivity index (χ4v) is 2.10. The predicted molar refractivity (Wildman–Crippen MR) is 82.4 cm³/mol. The number of nitrogens with zero attached hydrogens (tertiary/aromatic N) is 3. The third-order valence-corrected chi connectivity index (χ3v) is 3.16. The lowest BCUT2D eigenvalue weighted by molar-refractivity contribution is -0.139. The molecule has 0 atom stereocenters. The Morgan fingerprint density at radius 1 is 1.13 bits per heavy atom. The molecule has 128 valence electrons. The van der Waals surface area contributed by atoms with E-state index >= 15 is 0 Å². The third-order valence-electron chi connectivity index (χ3n) is 3.16. The molecule has 0 amide bonds. The van der Waals surface area contributed by atoms with Crippen LogP contribution in [-0.4, -0.2) is 29.9 Å². The molecule has 0 aromatic heterocycles. The molecular weight excluding hydrogens is 338 g/mol. The molecule has 4 N–H and O–H groups in total. The second-order valence-corrected chi connectivity index (χ2v) is 4.80. The Morgan fingerprint density at radius 3 is 2.26 bits per heavy atom. The topological polar surface area (TPSA) is 80.0 Å². The number of likely N-dealkylation sites (tertiary alicyclic amines) is 1. The van der Waals surface area contributed by atoms with Gasteiger partial charge in [0.25, 0.3) is 0 Å². The van der Waals surface area contributed by atoms with Gasteiger partial charge in [0.2, 0.25) is 5.96 Å². The monoisotopic (exact) mass is 353 g/mol. The summed E-state index contributed by atoms with van der Waals surface area (Å²) in [5, 5.41) is 0. The summed E-state index contributed by atoms with van der Waals surface area (Å²) in [5.74, 6) is -1.48. The highest BCUT2D eigenvalue weighted by molar-refractivity contribution is 5.94. The fourth-order valence-electron chi connectivity index (χ4n) is 2.10. The summed E-state index contributed by atoms with van der Waals surface area (Å²) in [6.07, 6.45) is -2.76. The first-order chi connectivity index (χ1) is 10.3. The van der Waals surface area contributed by atoms with Gasteiger partial charge in [0.05, 0.1) is 11.3 Å². The molecule has 1 fully saturated rings. The van der Waals surface area contributed by atoms with Crippen LogP contribution in [0.25, 0.3) is 0 Å². The standard InChI is InChI=1S/C13H15F4N5.ClH/c14-10-7-8(3-4-9(10)13(15,16)17)20-11(18)21-12(19)22-5-1-2-6-22;/h3-4,7H,1-2,5-6H2,(H4,18,19,20,21);1H. The van der Waals surface area contributed by atoms with Crippen LogP contribution in [0.3, 0.4) is 0 Å². The van der Waals surface area contributed by atoms with Crippen LogP contribution in [-0.2, 0) is 6.18 Å². The number of guanidine groups is 2. The SMILES string of the molecule is Cl.NC(=Nc1ccc(C(F)(F)F)c(F)c1)/N=C(/N)N1CCCC1. The van der Waals surface area contributed by atoms with E-state index in [1.807, 2.05) is 4.90 Å². The van der Waals surface area contributed by atoms with Crippen LogP contribution in [0.4, 0.5) is 23.2 Å². The highest BCUT2D eigenvalue weighted by atomic mass is 35.5. The molecule has 1 aliphatic heterocycles. The summed E-state index contributed by atoms with van der Waals surface area (Å²) in [7, 11) is 0. The minimum Gasteiger partial charge on any atom is -0.369 e. The highest BCUT2D eigenvalue weighted by Crippen LogP contribution is 2.32. The van der Waals surface area contributed by atoms with Crippen LogP contribution in [0, 0.1) is 5.82 Å². The minimum atomic E-state index is -4.75. The maximum absolute atomic E-state index is 13.4. The van der Waals surface area contributed by atoms with Crippen LogP contribution in [0.1, 0.15) is 18.4 Å². The van der Waals surface area contributed by atoms with Crippen molar-refractivity contribution < 1.29 is 17.6 Å². The van der Waals surface area contributed by atoms with Crippen molar-refractivity contribution in [2.45, 2.75) is 19.0 Å². The molecule has 1 aliphatic rings. The Kier molecular flexibility index (Phi) is 6.20. The minimum absolute atomic E-state index is 0. The molecule has 10 heteroatoms. The Balaban J connectivity index is 0.00000264. The van der Waals surface area contributed by atoms with E-state index in [-0.39, 0.29) is 30.0 Å². The van der Waals surface area contributed by atoms with E-state index in [0.717, 1.165) is 32.0 Å². The zero-order valence-corrected chi connectivity index (χ0v) is 12.8. The van der Waals surface area contributed by atoms with Gasteiger partial charge in [-0.25, -0.2) is 9.38 Å². The number of hydrogen-bond acceptors (Lipinski definition) is 1. The van der Waals surface area contributed by atoms with E-state index in [0.29, 0.717) is 12.1 Å². The molecule has 0 bridgehead atoms. The molecule has 0 unspecified atom stereocenters. The quantitative estimate of drug-likeness (QED) is 0.462. The average Bonchev–Trinajstić information content (AvgIpc) is 2.90. The Bertz CT molecular complexity index is 609. The third kappa shape index (κ3) is 4.98. The summed E-state index contributed by atoms with van der Waals surface area (Å²) in [6, 6.07) is 2.27. The Hall–Kier alpha value is -2.03. The van der Waals surface area contributed by atoms with E-state index in [9.17, 15) is 17.6 Å². The van der Waals surface area contributed by atoms with Gasteiger partial charge in [-0.3, -0.25) is 0 Å². The smallest absolute Gasteiger partial charge is 0.369 e. The lowest BCUT2D eigenvalue weighted by Gasteiger charge is -2.15. The van der Waals surface area contributed by atoms with Crippen molar-refractivity contribution in [3.8, 4) is 0 Å². The molecule has 2 rings (SSSR count). The van der Waals surface area contributed by atoms with E-state index in [2.05, 4.69) is 9.98 Å². The molecule has 1 saturated heterocycles. The van der Waals surface area contributed by atoms with Crippen molar-refractivity contribution in [2.75, 3.05) is 13.1 Å². The number of benzene rings is 1. The number of nitrogens with two attached hydrogens (primary N) is 2. The number of alkyl halides is 3. The molecule has 0 aliphatic carbocycles. The number of hydrogen-bond donors (Lipinski definition) is 2. The summed E-state index contributed by atoms with van der Waals surface area (Å²) in [5.41, 5.74) is 9.87. The molecule has 5 nitrogen and oxygen atoms in total. The fraction of sp³-hybridized carbons (Fsp3) is 0.385. The van der Waals surface area contributed by atoms with E-state index in [4.69, 9.17) is 11.5 Å². The molecule has 0 radical (unpaired) electrons. The Morgan fingerprint density at radius 2 is 1.74 bits per heavy atom. The molecule has 1 aromatic carbocycles. The van der Waals surface area contributed by atoms with Crippen molar-refractivity contribution in [3.63, 3.8) is 0 Å².